The highest BCUT2D eigenvalue weighted by Gasteiger charge is 2.20. The van der Waals surface area contributed by atoms with E-state index in [1.54, 1.807) is 0 Å². The number of hydrogen-bond acceptors (Lipinski definition) is 8. The molecule has 0 aliphatic rings. The van der Waals surface area contributed by atoms with Crippen LogP contribution in [-0.4, -0.2) is 51.9 Å². The molecule has 0 aliphatic heterocycles. The molecule has 0 spiro atoms. The summed E-state index contributed by atoms with van der Waals surface area (Å²) in [7, 11) is -2.46. The molecule has 1 aromatic rings. The van der Waals surface area contributed by atoms with Crippen molar-refractivity contribution in [2.75, 3.05) is 37.9 Å². The fraction of sp³-hybridized carbons (Fsp3) is 0.417. The molecule has 134 valence electrons. The molecule has 0 atom stereocenters. The van der Waals surface area contributed by atoms with E-state index in [4.69, 9.17) is 21.5 Å². The summed E-state index contributed by atoms with van der Waals surface area (Å²) in [5, 5.41) is 18.4. The molecule has 0 amide bonds. The number of nitro benzene ring substituents is 1. The summed E-state index contributed by atoms with van der Waals surface area (Å²) in [6, 6.07) is 2.14. The summed E-state index contributed by atoms with van der Waals surface area (Å²) in [6.45, 7) is 0.188. The van der Waals surface area contributed by atoms with Crippen LogP contribution in [0.2, 0.25) is 5.02 Å². The molecule has 1 aromatic carbocycles. The van der Waals surface area contributed by atoms with Crippen LogP contribution in [-0.2, 0) is 19.5 Å². The highest BCUT2D eigenvalue weighted by Crippen LogP contribution is 2.31. The number of halogens is 1. The first-order chi connectivity index (χ1) is 11.2. The zero-order valence-electron chi connectivity index (χ0n) is 12.7. The molecule has 0 fully saturated rings. The van der Waals surface area contributed by atoms with Crippen LogP contribution in [0.3, 0.4) is 0 Å². The lowest BCUT2D eigenvalue weighted by atomic mass is 10.1. The lowest BCUT2D eigenvalue weighted by molar-refractivity contribution is -0.384. The Morgan fingerprint density at radius 2 is 2.08 bits per heavy atom. The lowest BCUT2D eigenvalue weighted by Gasteiger charge is -2.13. The van der Waals surface area contributed by atoms with Crippen LogP contribution in [0, 0.1) is 10.1 Å². The van der Waals surface area contributed by atoms with Gasteiger partial charge < -0.3 is 14.8 Å². The van der Waals surface area contributed by atoms with E-state index in [1.165, 1.54) is 0 Å². The average Bonchev–Trinajstić information content (AvgIpc) is 2.49. The van der Waals surface area contributed by atoms with E-state index >= 15 is 0 Å². The predicted octanol–water partition coefficient (Wildman–Crippen LogP) is 0.752. The minimum atomic E-state index is -3.60. The van der Waals surface area contributed by atoms with E-state index in [0.29, 0.717) is 0 Å². The largest absolute Gasteiger partial charge is 0.465 e. The molecule has 0 aromatic heterocycles. The quantitative estimate of drug-likeness (QED) is 0.275. The molecule has 0 aliphatic carbocycles. The Kier molecular flexibility index (Phi) is 7.35. The summed E-state index contributed by atoms with van der Waals surface area (Å²) < 4.78 is 31.1. The predicted molar refractivity (Wildman–Crippen MR) is 86.7 cm³/mol. The standard InChI is InChI=1S/C12H16ClN3O7S/c1-22-12(17)9-6-8(16(18)19)7-10(13)11(9)15-2-3-23-4-5-24(14,20)21/h6-7,15H,2-5H2,1H3,(H2,14,20,21). The van der Waals surface area contributed by atoms with Crippen molar-refractivity contribution in [3.8, 4) is 0 Å². The van der Waals surface area contributed by atoms with E-state index in [2.05, 4.69) is 10.1 Å². The number of nitro groups is 1. The van der Waals surface area contributed by atoms with Crippen LogP contribution < -0.4 is 10.5 Å². The highest BCUT2D eigenvalue weighted by molar-refractivity contribution is 7.89. The number of carbonyl (C=O) groups excluding carboxylic acids is 1. The third kappa shape index (κ3) is 6.28. The van der Waals surface area contributed by atoms with Crippen LogP contribution in [0.4, 0.5) is 11.4 Å². The number of rotatable bonds is 9. The Hall–Kier alpha value is -1.95. The summed E-state index contributed by atoms with van der Waals surface area (Å²) in [5.74, 6) is -1.11. The number of primary sulfonamides is 1. The molecular weight excluding hydrogens is 366 g/mol. The molecular formula is C12H16ClN3O7S. The maximum atomic E-state index is 11.8. The maximum absolute atomic E-state index is 11.8. The number of nitrogens with one attached hydrogen (secondary N) is 1. The molecule has 0 radical (unpaired) electrons. The molecule has 0 saturated heterocycles. The molecule has 0 saturated carbocycles. The van der Waals surface area contributed by atoms with Crippen LogP contribution in [0.5, 0.6) is 0 Å². The van der Waals surface area contributed by atoms with E-state index < -0.39 is 20.9 Å². The van der Waals surface area contributed by atoms with E-state index in [-0.39, 0.29) is 47.5 Å². The number of benzene rings is 1. The molecule has 3 N–H and O–H groups in total. The van der Waals surface area contributed by atoms with Gasteiger partial charge in [-0.2, -0.15) is 0 Å². The van der Waals surface area contributed by atoms with Gasteiger partial charge >= 0.3 is 5.97 Å². The van der Waals surface area contributed by atoms with Gasteiger partial charge in [0, 0.05) is 18.7 Å². The molecule has 12 heteroatoms. The van der Waals surface area contributed by atoms with Crippen molar-refractivity contribution >= 4 is 39.0 Å². The molecule has 24 heavy (non-hydrogen) atoms. The Morgan fingerprint density at radius 1 is 1.42 bits per heavy atom. The molecule has 1 rings (SSSR count). The van der Waals surface area contributed by atoms with Crippen LogP contribution in [0.1, 0.15) is 10.4 Å². The number of nitrogens with two attached hydrogens (primary N) is 1. The first-order valence-electron chi connectivity index (χ1n) is 6.54. The number of esters is 1. The second kappa shape index (κ2) is 8.78. The molecule has 0 unspecified atom stereocenters. The monoisotopic (exact) mass is 381 g/mol. The number of nitrogens with zero attached hydrogens (tertiary/aromatic N) is 1. The lowest BCUT2D eigenvalue weighted by Crippen LogP contribution is -2.21. The van der Waals surface area contributed by atoms with Gasteiger partial charge in [0.05, 0.1) is 47.3 Å². The molecule has 0 heterocycles. The minimum absolute atomic E-state index is 0.0332. The summed E-state index contributed by atoms with van der Waals surface area (Å²) in [4.78, 5) is 21.9. The van der Waals surface area contributed by atoms with Gasteiger partial charge in [0.25, 0.3) is 5.69 Å². The Morgan fingerprint density at radius 3 is 2.62 bits per heavy atom. The van der Waals surface area contributed by atoms with Gasteiger partial charge in [0.1, 0.15) is 0 Å². The number of carbonyl (C=O) groups is 1. The van der Waals surface area contributed by atoms with Gasteiger partial charge in [-0.05, 0) is 0 Å². The van der Waals surface area contributed by atoms with Crippen molar-refractivity contribution in [1.82, 2.24) is 0 Å². The van der Waals surface area contributed by atoms with Gasteiger partial charge in [0.15, 0.2) is 0 Å². The number of sulfonamides is 1. The molecule has 0 bridgehead atoms. The van der Waals surface area contributed by atoms with Crippen LogP contribution >= 0.6 is 11.6 Å². The number of non-ortho nitro benzene ring substituents is 1. The van der Waals surface area contributed by atoms with Crippen molar-refractivity contribution in [3.05, 3.63) is 32.8 Å². The Labute approximate surface area is 143 Å². The number of methoxy groups -OCH3 is 1. The zero-order chi connectivity index (χ0) is 18.3. The van der Waals surface area contributed by atoms with Gasteiger partial charge in [-0.1, -0.05) is 11.6 Å². The second-order valence-electron chi connectivity index (χ2n) is 4.50. The van der Waals surface area contributed by atoms with E-state index in [0.717, 1.165) is 19.2 Å². The fourth-order valence-corrected chi connectivity index (χ4v) is 2.30. The maximum Gasteiger partial charge on any atom is 0.340 e. The molecule has 10 nitrogen and oxygen atoms in total. The van der Waals surface area contributed by atoms with Crippen LogP contribution in [0.15, 0.2) is 12.1 Å². The summed E-state index contributed by atoms with van der Waals surface area (Å²) in [5.41, 5.74) is -0.291. The first kappa shape index (κ1) is 20.1. The first-order valence-corrected chi connectivity index (χ1v) is 8.63. The third-order valence-corrected chi connectivity index (χ3v) is 3.79. The van der Waals surface area contributed by atoms with Crippen LogP contribution in [0.25, 0.3) is 0 Å². The highest BCUT2D eigenvalue weighted by atomic mass is 35.5. The summed E-state index contributed by atoms with van der Waals surface area (Å²) >= 11 is 5.97. The SMILES string of the molecule is COC(=O)c1cc([N+](=O)[O-])cc(Cl)c1NCCOCCS(N)(=O)=O. The fourth-order valence-electron chi connectivity index (χ4n) is 1.67. The van der Waals surface area contributed by atoms with E-state index in [9.17, 15) is 23.3 Å². The van der Waals surface area contributed by atoms with Crippen molar-refractivity contribution in [3.63, 3.8) is 0 Å². The van der Waals surface area contributed by atoms with Gasteiger partial charge in [-0.15, -0.1) is 0 Å². The van der Waals surface area contributed by atoms with Crippen molar-refractivity contribution in [2.24, 2.45) is 5.14 Å². The average molecular weight is 382 g/mol. The Balaban J connectivity index is 2.76. The van der Waals surface area contributed by atoms with Crippen molar-refractivity contribution in [2.45, 2.75) is 0 Å². The topological polar surface area (TPSA) is 151 Å². The third-order valence-electron chi connectivity index (χ3n) is 2.75. The van der Waals surface area contributed by atoms with Crippen molar-refractivity contribution < 1.29 is 27.6 Å². The van der Waals surface area contributed by atoms with E-state index in [1.807, 2.05) is 0 Å². The van der Waals surface area contributed by atoms with Gasteiger partial charge in [0.2, 0.25) is 10.0 Å². The Bertz CT molecular complexity index is 724. The second-order valence-corrected chi connectivity index (χ2v) is 6.65. The number of ether oxygens (including phenoxy) is 2. The normalized spacial score (nSPS) is 11.1. The van der Waals surface area contributed by atoms with Gasteiger partial charge in [-0.3, -0.25) is 10.1 Å². The zero-order valence-corrected chi connectivity index (χ0v) is 14.2. The number of anilines is 1. The van der Waals surface area contributed by atoms with Crippen molar-refractivity contribution in [1.29, 1.82) is 0 Å². The number of hydrogen-bond donors (Lipinski definition) is 2. The van der Waals surface area contributed by atoms with Gasteiger partial charge in [-0.25, -0.2) is 18.4 Å². The summed E-state index contributed by atoms with van der Waals surface area (Å²) in [6.07, 6.45) is 0. The minimum Gasteiger partial charge on any atom is -0.465 e. The smallest absolute Gasteiger partial charge is 0.340 e.